The van der Waals surface area contributed by atoms with E-state index in [0.717, 1.165) is 24.8 Å². The maximum absolute atomic E-state index is 12.9. The summed E-state index contributed by atoms with van der Waals surface area (Å²) in [5.41, 5.74) is 5.98. The Hall–Kier alpha value is -2.17. The Labute approximate surface area is 190 Å². The van der Waals surface area contributed by atoms with E-state index in [-0.39, 0.29) is 6.54 Å². The lowest BCUT2D eigenvalue weighted by atomic mass is 10.0. The number of rotatable bonds is 9. The second-order valence-corrected chi connectivity index (χ2v) is 11.0. The Morgan fingerprint density at radius 2 is 1.72 bits per heavy atom. The molecule has 2 rings (SSSR count). The number of nitrogens with two attached hydrogens (primary N) is 1. The van der Waals surface area contributed by atoms with Gasteiger partial charge in [-0.1, -0.05) is 31.4 Å². The van der Waals surface area contributed by atoms with E-state index in [1.807, 2.05) is 0 Å². The van der Waals surface area contributed by atoms with Gasteiger partial charge in [0.05, 0.1) is 18.5 Å². The first-order chi connectivity index (χ1) is 14.9. The Morgan fingerprint density at radius 1 is 1.12 bits per heavy atom. The monoisotopic (exact) mass is 469 g/mol. The molecule has 0 heterocycles. The maximum atomic E-state index is 12.9. The number of hydrogen-bond donors (Lipinski definition) is 3. The van der Waals surface area contributed by atoms with Crippen molar-refractivity contribution in [3.05, 3.63) is 29.8 Å². The lowest BCUT2D eigenvalue weighted by Gasteiger charge is -2.29. The van der Waals surface area contributed by atoms with Gasteiger partial charge in [0.25, 0.3) is 0 Å². The zero-order valence-corrected chi connectivity index (χ0v) is 20.0. The van der Waals surface area contributed by atoms with Crippen molar-refractivity contribution in [2.24, 2.45) is 11.7 Å². The Morgan fingerprint density at radius 3 is 2.25 bits per heavy atom. The SMILES string of the molecule is COc1ccc(CNC(=O)[C@@H](C(=O)OC(C)(C)C)C(N)NS(=O)(=O)C2CCCCC2)cc1. The van der Waals surface area contributed by atoms with Crippen molar-refractivity contribution in [1.82, 2.24) is 10.0 Å². The summed E-state index contributed by atoms with van der Waals surface area (Å²) in [5.74, 6) is -2.46. The Kier molecular flexibility index (Phi) is 9.06. The highest BCUT2D eigenvalue weighted by Crippen LogP contribution is 2.24. The van der Waals surface area contributed by atoms with Crippen LogP contribution in [0.5, 0.6) is 5.75 Å². The molecule has 1 saturated carbocycles. The molecule has 4 N–H and O–H groups in total. The first-order valence-electron chi connectivity index (χ1n) is 10.8. The fraction of sp³-hybridized carbons (Fsp3) is 0.636. The van der Waals surface area contributed by atoms with Gasteiger partial charge in [0.2, 0.25) is 15.9 Å². The molecule has 0 bridgehead atoms. The standard InChI is InChI=1S/C22H35N3O6S/c1-22(2,3)31-21(27)18(19(23)25-32(28,29)17-8-6-5-7-9-17)20(26)24-14-15-10-12-16(30-4)13-11-15/h10-13,17-19,25H,5-9,14,23H2,1-4H3,(H,24,26)/t18-,19?/m0/s1. The van der Waals surface area contributed by atoms with E-state index in [2.05, 4.69) is 10.0 Å². The number of benzene rings is 1. The molecule has 0 radical (unpaired) electrons. The third-order valence-corrected chi connectivity index (χ3v) is 7.17. The van der Waals surface area contributed by atoms with Crippen molar-refractivity contribution in [2.45, 2.75) is 76.4 Å². The third-order valence-electron chi connectivity index (χ3n) is 5.22. The molecule has 1 aliphatic carbocycles. The highest BCUT2D eigenvalue weighted by atomic mass is 32.2. The highest BCUT2D eigenvalue weighted by Gasteiger charge is 2.39. The number of carbonyl (C=O) groups is 2. The van der Waals surface area contributed by atoms with Crippen LogP contribution >= 0.6 is 0 Å². The van der Waals surface area contributed by atoms with Gasteiger partial charge in [0, 0.05) is 6.54 Å². The van der Waals surface area contributed by atoms with Gasteiger partial charge in [-0.05, 0) is 51.3 Å². The van der Waals surface area contributed by atoms with E-state index in [4.69, 9.17) is 15.2 Å². The number of esters is 1. The summed E-state index contributed by atoms with van der Waals surface area (Å²) in [6, 6.07) is 7.04. The fourth-order valence-electron chi connectivity index (χ4n) is 3.55. The predicted molar refractivity (Wildman–Crippen MR) is 121 cm³/mol. The van der Waals surface area contributed by atoms with Crippen molar-refractivity contribution in [2.75, 3.05) is 7.11 Å². The van der Waals surface area contributed by atoms with Crippen LogP contribution < -0.4 is 20.5 Å². The molecular weight excluding hydrogens is 434 g/mol. The number of ether oxygens (including phenoxy) is 2. The van der Waals surface area contributed by atoms with Gasteiger partial charge in [-0.25, -0.2) is 8.42 Å². The first kappa shape index (κ1) is 26.1. The van der Waals surface area contributed by atoms with E-state index < -0.39 is 44.8 Å². The molecule has 1 aliphatic rings. The van der Waals surface area contributed by atoms with E-state index in [1.54, 1.807) is 52.1 Å². The molecule has 2 atom stereocenters. The van der Waals surface area contributed by atoms with Gasteiger partial charge < -0.3 is 20.5 Å². The maximum Gasteiger partial charge on any atom is 0.322 e. The van der Waals surface area contributed by atoms with Crippen LogP contribution in [0.4, 0.5) is 0 Å². The third kappa shape index (κ3) is 7.75. The van der Waals surface area contributed by atoms with Crippen LogP contribution in [-0.2, 0) is 30.9 Å². The fourth-order valence-corrected chi connectivity index (χ4v) is 5.22. The zero-order valence-electron chi connectivity index (χ0n) is 19.2. The van der Waals surface area contributed by atoms with Crippen LogP contribution in [0.2, 0.25) is 0 Å². The molecule has 10 heteroatoms. The molecule has 1 aromatic rings. The van der Waals surface area contributed by atoms with Crippen molar-refractivity contribution in [1.29, 1.82) is 0 Å². The Balaban J connectivity index is 2.14. The van der Waals surface area contributed by atoms with E-state index in [1.165, 1.54) is 0 Å². The number of methoxy groups -OCH3 is 1. The second-order valence-electron chi connectivity index (χ2n) is 9.03. The van der Waals surface area contributed by atoms with Crippen molar-refractivity contribution < 1.29 is 27.5 Å². The molecule has 9 nitrogen and oxygen atoms in total. The number of sulfonamides is 1. The quantitative estimate of drug-likeness (QED) is 0.285. The van der Waals surface area contributed by atoms with Crippen LogP contribution in [0, 0.1) is 5.92 Å². The van der Waals surface area contributed by atoms with Gasteiger partial charge in [-0.3, -0.25) is 9.59 Å². The lowest BCUT2D eigenvalue weighted by molar-refractivity contribution is -0.163. The largest absolute Gasteiger partial charge is 0.497 e. The topological polar surface area (TPSA) is 137 Å². The summed E-state index contributed by atoms with van der Waals surface area (Å²) in [6.07, 6.45) is 2.24. The predicted octanol–water partition coefficient (Wildman–Crippen LogP) is 1.81. The second kappa shape index (κ2) is 11.1. The minimum Gasteiger partial charge on any atom is -0.497 e. The van der Waals surface area contributed by atoms with Crippen LogP contribution in [0.1, 0.15) is 58.4 Å². The molecule has 1 unspecified atom stereocenters. The van der Waals surface area contributed by atoms with Gasteiger partial charge in [0.1, 0.15) is 11.4 Å². The van der Waals surface area contributed by atoms with Crippen LogP contribution in [0.15, 0.2) is 24.3 Å². The van der Waals surface area contributed by atoms with E-state index >= 15 is 0 Å². The minimum absolute atomic E-state index is 0.129. The normalized spacial score (nSPS) is 17.3. The Bertz CT molecular complexity index is 874. The lowest BCUT2D eigenvalue weighted by Crippen LogP contribution is -2.57. The summed E-state index contributed by atoms with van der Waals surface area (Å²) in [5, 5.41) is 2.07. The molecule has 0 saturated heterocycles. The molecule has 32 heavy (non-hydrogen) atoms. The molecule has 1 amide bonds. The van der Waals surface area contributed by atoms with Gasteiger partial charge in [0.15, 0.2) is 5.92 Å². The number of hydrogen-bond acceptors (Lipinski definition) is 7. The van der Waals surface area contributed by atoms with Gasteiger partial charge >= 0.3 is 5.97 Å². The van der Waals surface area contributed by atoms with Crippen molar-refractivity contribution in [3.8, 4) is 5.75 Å². The van der Waals surface area contributed by atoms with Crippen LogP contribution in [-0.4, -0.2) is 44.4 Å². The zero-order chi connectivity index (χ0) is 23.9. The minimum atomic E-state index is -3.79. The first-order valence-corrected chi connectivity index (χ1v) is 12.4. The molecule has 1 fully saturated rings. The smallest absolute Gasteiger partial charge is 0.322 e. The average molecular weight is 470 g/mol. The van der Waals surface area contributed by atoms with Gasteiger partial charge in [-0.15, -0.1) is 0 Å². The average Bonchev–Trinajstić information content (AvgIpc) is 2.71. The summed E-state index contributed by atoms with van der Waals surface area (Å²) >= 11 is 0. The van der Waals surface area contributed by atoms with Crippen LogP contribution in [0.25, 0.3) is 0 Å². The number of nitrogens with one attached hydrogen (secondary N) is 2. The molecule has 0 aromatic heterocycles. The molecule has 1 aromatic carbocycles. The summed E-state index contributed by atoms with van der Waals surface area (Å²) in [6.45, 7) is 5.11. The summed E-state index contributed by atoms with van der Waals surface area (Å²) < 4.78 is 38.4. The summed E-state index contributed by atoms with van der Waals surface area (Å²) in [7, 11) is -2.24. The van der Waals surface area contributed by atoms with Gasteiger partial charge in [-0.2, -0.15) is 4.72 Å². The van der Waals surface area contributed by atoms with E-state index in [9.17, 15) is 18.0 Å². The van der Waals surface area contributed by atoms with Crippen molar-refractivity contribution in [3.63, 3.8) is 0 Å². The van der Waals surface area contributed by atoms with E-state index in [0.29, 0.717) is 18.6 Å². The number of carbonyl (C=O) groups excluding carboxylic acids is 2. The molecular formula is C22H35N3O6S. The summed E-state index contributed by atoms with van der Waals surface area (Å²) in [4.78, 5) is 25.7. The van der Waals surface area contributed by atoms with Crippen molar-refractivity contribution >= 4 is 21.9 Å². The molecule has 0 aliphatic heterocycles. The molecule has 0 spiro atoms. The molecule has 180 valence electrons. The number of amides is 1. The highest BCUT2D eigenvalue weighted by molar-refractivity contribution is 7.90. The van der Waals surface area contributed by atoms with Crippen LogP contribution in [0.3, 0.4) is 0 Å².